The molecule has 0 radical (unpaired) electrons. The average molecular weight is 348 g/mol. The molecule has 3 heterocycles. The summed E-state index contributed by atoms with van der Waals surface area (Å²) < 4.78 is 5.42. The number of pyridine rings is 1. The van der Waals surface area contributed by atoms with Crippen LogP contribution in [-0.4, -0.2) is 39.0 Å². The first kappa shape index (κ1) is 16.4. The van der Waals surface area contributed by atoms with Gasteiger partial charge in [-0.3, -0.25) is 9.78 Å². The minimum Gasteiger partial charge on any atom is -0.342 e. The first-order valence-corrected chi connectivity index (χ1v) is 8.76. The van der Waals surface area contributed by atoms with E-state index in [1.54, 1.807) is 12.4 Å². The zero-order valence-electron chi connectivity index (χ0n) is 14.6. The van der Waals surface area contributed by atoms with Crippen LogP contribution < -0.4 is 0 Å². The summed E-state index contributed by atoms with van der Waals surface area (Å²) in [4.78, 5) is 22.7. The Labute approximate surface area is 151 Å². The highest BCUT2D eigenvalue weighted by molar-refractivity contribution is 5.79. The monoisotopic (exact) mass is 348 g/mol. The largest absolute Gasteiger partial charge is 0.342 e. The molecular weight excluding hydrogens is 328 g/mol. The Morgan fingerprint density at radius 2 is 2.08 bits per heavy atom. The number of hydrogen-bond acceptors (Lipinski definition) is 5. The van der Waals surface area contributed by atoms with Crippen LogP contribution in [0.5, 0.6) is 0 Å². The molecule has 6 heteroatoms. The van der Waals surface area contributed by atoms with Gasteiger partial charge in [-0.2, -0.15) is 4.98 Å². The van der Waals surface area contributed by atoms with Gasteiger partial charge < -0.3 is 9.42 Å². The molecule has 1 fully saturated rings. The number of carbonyl (C=O) groups excluding carboxylic acids is 1. The van der Waals surface area contributed by atoms with Gasteiger partial charge in [0, 0.05) is 37.5 Å². The first-order chi connectivity index (χ1) is 12.7. The Balaban J connectivity index is 1.41. The van der Waals surface area contributed by atoms with Gasteiger partial charge >= 0.3 is 0 Å². The van der Waals surface area contributed by atoms with Crippen molar-refractivity contribution in [2.75, 3.05) is 13.1 Å². The van der Waals surface area contributed by atoms with Crippen molar-refractivity contribution in [3.8, 4) is 11.4 Å². The van der Waals surface area contributed by atoms with E-state index < -0.39 is 0 Å². The third-order valence-electron chi connectivity index (χ3n) is 4.70. The van der Waals surface area contributed by atoms with E-state index in [0.717, 1.165) is 12.0 Å². The van der Waals surface area contributed by atoms with E-state index in [2.05, 4.69) is 46.3 Å². The standard InChI is InChI=1S/C20H20N4O2/c1-14-3-2-4-15(11-14)7-10-24-13-17(12-18(24)25)20-22-19(23-26-20)16-5-8-21-9-6-16/h2-6,8-9,11,17H,7,10,12-13H2,1H3. The summed E-state index contributed by atoms with van der Waals surface area (Å²) in [5.74, 6) is 1.17. The maximum absolute atomic E-state index is 12.4. The fourth-order valence-electron chi connectivity index (χ4n) is 3.30. The lowest BCUT2D eigenvalue weighted by molar-refractivity contribution is -0.127. The van der Waals surface area contributed by atoms with Crippen molar-refractivity contribution in [3.05, 3.63) is 65.8 Å². The molecule has 1 saturated heterocycles. The molecule has 0 aliphatic carbocycles. The van der Waals surface area contributed by atoms with E-state index in [0.29, 0.717) is 31.2 Å². The van der Waals surface area contributed by atoms with Gasteiger partial charge in [0.2, 0.25) is 17.6 Å². The zero-order valence-corrected chi connectivity index (χ0v) is 14.6. The molecule has 0 N–H and O–H groups in total. The van der Waals surface area contributed by atoms with Crippen molar-refractivity contribution in [3.63, 3.8) is 0 Å². The summed E-state index contributed by atoms with van der Waals surface area (Å²) in [5, 5.41) is 4.04. The SMILES string of the molecule is Cc1cccc(CCN2CC(c3nc(-c4ccncc4)no3)CC2=O)c1. The van der Waals surface area contributed by atoms with Crippen molar-refractivity contribution >= 4 is 5.91 Å². The molecule has 132 valence electrons. The molecule has 1 atom stereocenters. The van der Waals surface area contributed by atoms with Crippen LogP contribution in [0.1, 0.15) is 29.4 Å². The van der Waals surface area contributed by atoms with Gasteiger partial charge in [-0.05, 0) is 31.0 Å². The van der Waals surface area contributed by atoms with Gasteiger partial charge in [0.1, 0.15) is 0 Å². The van der Waals surface area contributed by atoms with Crippen LogP contribution in [0.3, 0.4) is 0 Å². The van der Waals surface area contributed by atoms with E-state index in [1.807, 2.05) is 17.0 Å². The smallest absolute Gasteiger partial charge is 0.232 e. The number of aryl methyl sites for hydroxylation is 1. The summed E-state index contributed by atoms with van der Waals surface area (Å²) in [5.41, 5.74) is 3.34. The van der Waals surface area contributed by atoms with Crippen molar-refractivity contribution in [1.29, 1.82) is 0 Å². The molecule has 6 nitrogen and oxygen atoms in total. The van der Waals surface area contributed by atoms with Gasteiger partial charge in [-0.15, -0.1) is 0 Å². The molecule has 1 unspecified atom stereocenters. The van der Waals surface area contributed by atoms with Gasteiger partial charge in [-0.1, -0.05) is 35.0 Å². The lowest BCUT2D eigenvalue weighted by Gasteiger charge is -2.16. The Hall–Kier alpha value is -3.02. The number of rotatable bonds is 5. The molecule has 1 aliphatic heterocycles. The van der Waals surface area contributed by atoms with Crippen molar-refractivity contribution < 1.29 is 9.32 Å². The Morgan fingerprint density at radius 3 is 2.88 bits per heavy atom. The van der Waals surface area contributed by atoms with Crippen molar-refractivity contribution in [2.24, 2.45) is 0 Å². The first-order valence-electron chi connectivity index (χ1n) is 8.76. The number of amides is 1. The average Bonchev–Trinajstić information content (AvgIpc) is 3.28. The minimum absolute atomic E-state index is 0.0388. The second kappa shape index (κ2) is 7.07. The Kier molecular flexibility index (Phi) is 4.48. The quantitative estimate of drug-likeness (QED) is 0.709. The minimum atomic E-state index is -0.0388. The topological polar surface area (TPSA) is 72.1 Å². The number of hydrogen-bond donors (Lipinski definition) is 0. The molecule has 1 aromatic carbocycles. The van der Waals surface area contributed by atoms with E-state index in [4.69, 9.17) is 4.52 Å². The second-order valence-electron chi connectivity index (χ2n) is 6.67. The summed E-state index contributed by atoms with van der Waals surface area (Å²) in [6.07, 6.45) is 4.66. The third kappa shape index (κ3) is 3.49. The fourth-order valence-corrected chi connectivity index (χ4v) is 3.30. The molecule has 0 bridgehead atoms. The van der Waals surface area contributed by atoms with Crippen molar-refractivity contribution in [2.45, 2.75) is 25.7 Å². The van der Waals surface area contributed by atoms with Crippen LogP contribution in [0.15, 0.2) is 53.3 Å². The normalized spacial score (nSPS) is 17.0. The van der Waals surface area contributed by atoms with E-state index in [1.165, 1.54) is 11.1 Å². The lowest BCUT2D eigenvalue weighted by Crippen LogP contribution is -2.27. The summed E-state index contributed by atoms with van der Waals surface area (Å²) in [6.45, 7) is 3.42. The van der Waals surface area contributed by atoms with E-state index in [9.17, 15) is 4.79 Å². The molecule has 1 amide bonds. The predicted octanol–water partition coefficient (Wildman–Crippen LogP) is 3.00. The van der Waals surface area contributed by atoms with Gasteiger partial charge in [0.25, 0.3) is 0 Å². The number of benzene rings is 1. The highest BCUT2D eigenvalue weighted by Crippen LogP contribution is 2.28. The van der Waals surface area contributed by atoms with Crippen LogP contribution in [0.4, 0.5) is 0 Å². The third-order valence-corrected chi connectivity index (χ3v) is 4.70. The molecule has 0 spiro atoms. The summed E-state index contributed by atoms with van der Waals surface area (Å²) in [7, 11) is 0. The molecule has 0 saturated carbocycles. The second-order valence-corrected chi connectivity index (χ2v) is 6.67. The number of nitrogens with zero attached hydrogens (tertiary/aromatic N) is 4. The van der Waals surface area contributed by atoms with Crippen LogP contribution in [-0.2, 0) is 11.2 Å². The van der Waals surface area contributed by atoms with Gasteiger partial charge in [0.05, 0.1) is 5.92 Å². The fraction of sp³-hybridized carbons (Fsp3) is 0.300. The van der Waals surface area contributed by atoms with Crippen LogP contribution in [0, 0.1) is 6.92 Å². The van der Waals surface area contributed by atoms with E-state index >= 15 is 0 Å². The number of likely N-dealkylation sites (tertiary alicyclic amines) is 1. The Bertz CT molecular complexity index is 907. The summed E-state index contributed by atoms with van der Waals surface area (Å²) in [6, 6.07) is 12.1. The van der Waals surface area contributed by atoms with Crippen LogP contribution in [0.2, 0.25) is 0 Å². The molecule has 3 aromatic rings. The predicted molar refractivity (Wildman–Crippen MR) is 96.4 cm³/mol. The number of carbonyl (C=O) groups is 1. The molecule has 2 aromatic heterocycles. The van der Waals surface area contributed by atoms with Crippen LogP contribution in [0.25, 0.3) is 11.4 Å². The zero-order chi connectivity index (χ0) is 17.9. The maximum Gasteiger partial charge on any atom is 0.232 e. The molecule has 1 aliphatic rings. The summed E-state index contributed by atoms with van der Waals surface area (Å²) >= 11 is 0. The lowest BCUT2D eigenvalue weighted by atomic mass is 10.1. The molecule has 26 heavy (non-hydrogen) atoms. The maximum atomic E-state index is 12.4. The van der Waals surface area contributed by atoms with Gasteiger partial charge in [-0.25, -0.2) is 0 Å². The van der Waals surface area contributed by atoms with Crippen molar-refractivity contribution in [1.82, 2.24) is 20.0 Å². The number of aromatic nitrogens is 3. The highest BCUT2D eigenvalue weighted by Gasteiger charge is 2.34. The van der Waals surface area contributed by atoms with Gasteiger partial charge in [0.15, 0.2) is 0 Å². The van der Waals surface area contributed by atoms with Crippen LogP contribution >= 0.6 is 0 Å². The Morgan fingerprint density at radius 1 is 1.23 bits per heavy atom. The molecule has 4 rings (SSSR count). The molecular formula is C20H20N4O2. The highest BCUT2D eigenvalue weighted by atomic mass is 16.5. The van der Waals surface area contributed by atoms with E-state index in [-0.39, 0.29) is 11.8 Å².